The quantitative estimate of drug-likeness (QED) is 0.0819. The van der Waals surface area contributed by atoms with E-state index in [1.54, 1.807) is 12.3 Å². The van der Waals surface area contributed by atoms with Gasteiger partial charge in [0.1, 0.15) is 30.9 Å². The van der Waals surface area contributed by atoms with Crippen LogP contribution in [0.25, 0.3) is 22.3 Å². The largest absolute Gasteiger partial charge is 0.481 e. The third-order valence-electron chi connectivity index (χ3n) is 10.5. The number of aliphatic hydroxyl groups excluding tert-OH is 1. The Kier molecular flexibility index (Phi) is 13.3. The second-order valence-electron chi connectivity index (χ2n) is 15.7. The predicted octanol–water partition coefficient (Wildman–Crippen LogP) is 7.28. The molecule has 0 saturated heterocycles. The maximum absolute atomic E-state index is 15.2. The van der Waals surface area contributed by atoms with Crippen LogP contribution in [0.4, 0.5) is 13.6 Å². The number of aliphatic carboxylic acids is 1. The van der Waals surface area contributed by atoms with Crippen LogP contribution >= 0.6 is 0 Å². The van der Waals surface area contributed by atoms with Crippen LogP contribution in [-0.2, 0) is 25.7 Å². The molecule has 2 atom stereocenters. The summed E-state index contributed by atoms with van der Waals surface area (Å²) in [6, 6.07) is 27.9. The third kappa shape index (κ3) is 10.0. The summed E-state index contributed by atoms with van der Waals surface area (Å²) in [4.78, 5) is 53.6. The molecule has 11 nitrogen and oxygen atoms in total. The number of nitrogens with zero attached hydrogens (tertiary/aromatic N) is 2. The molecular formula is C46H48F2N4O7. The van der Waals surface area contributed by atoms with Crippen molar-refractivity contribution in [1.82, 2.24) is 20.1 Å². The van der Waals surface area contributed by atoms with Gasteiger partial charge < -0.3 is 35.1 Å². The van der Waals surface area contributed by atoms with Crippen molar-refractivity contribution < 1.29 is 42.9 Å². The van der Waals surface area contributed by atoms with Crippen LogP contribution in [0.2, 0.25) is 0 Å². The fourth-order valence-electron chi connectivity index (χ4n) is 7.84. The Bertz CT molecular complexity index is 2260. The number of aromatic nitrogens is 1. The number of carbonyl (C=O) groups excluding carboxylic acids is 3. The molecule has 4 N–H and O–H groups in total. The van der Waals surface area contributed by atoms with Crippen molar-refractivity contribution >= 4 is 23.9 Å². The number of carbonyl (C=O) groups is 4. The molecule has 0 fully saturated rings. The lowest BCUT2D eigenvalue weighted by molar-refractivity contribution is -0.140. The van der Waals surface area contributed by atoms with Crippen molar-refractivity contribution in [3.8, 4) is 22.3 Å². The molecule has 3 amide bonds. The van der Waals surface area contributed by atoms with E-state index in [2.05, 4.69) is 10.6 Å². The van der Waals surface area contributed by atoms with Gasteiger partial charge in [0.2, 0.25) is 11.8 Å². The monoisotopic (exact) mass is 806 g/mol. The number of benzene rings is 4. The summed E-state index contributed by atoms with van der Waals surface area (Å²) < 4.78 is 37.3. The number of hydrogen-bond acceptors (Lipinski definition) is 6. The van der Waals surface area contributed by atoms with Crippen LogP contribution in [0.3, 0.4) is 0 Å². The first-order valence-corrected chi connectivity index (χ1v) is 19.5. The number of ether oxygens (including phenoxy) is 1. The number of hydrogen-bond donors (Lipinski definition) is 4. The van der Waals surface area contributed by atoms with Gasteiger partial charge in [-0.2, -0.15) is 0 Å². The summed E-state index contributed by atoms with van der Waals surface area (Å²) >= 11 is 0. The lowest BCUT2D eigenvalue weighted by Crippen LogP contribution is -2.50. The summed E-state index contributed by atoms with van der Waals surface area (Å²) in [7, 11) is 0. The highest BCUT2D eigenvalue weighted by molar-refractivity contribution is 5.86. The third-order valence-corrected chi connectivity index (χ3v) is 10.5. The average Bonchev–Trinajstić information content (AvgIpc) is 3.76. The molecule has 0 aliphatic heterocycles. The van der Waals surface area contributed by atoms with Gasteiger partial charge in [-0.3, -0.25) is 14.4 Å². The van der Waals surface area contributed by atoms with E-state index in [0.29, 0.717) is 17.8 Å². The average molecular weight is 807 g/mol. The maximum atomic E-state index is 15.2. The predicted molar refractivity (Wildman–Crippen MR) is 218 cm³/mol. The van der Waals surface area contributed by atoms with Crippen molar-refractivity contribution in [3.63, 3.8) is 0 Å². The van der Waals surface area contributed by atoms with Crippen LogP contribution in [0.5, 0.6) is 0 Å². The number of carboxylic acid groups (broad SMARTS) is 1. The molecular weight excluding hydrogens is 759 g/mol. The summed E-state index contributed by atoms with van der Waals surface area (Å²) in [6.45, 7) is 4.69. The van der Waals surface area contributed by atoms with E-state index in [9.17, 15) is 33.8 Å². The summed E-state index contributed by atoms with van der Waals surface area (Å²) in [6.07, 6.45) is 0.276. The van der Waals surface area contributed by atoms with Crippen LogP contribution in [0.1, 0.15) is 68.0 Å². The van der Waals surface area contributed by atoms with Crippen LogP contribution in [-0.4, -0.2) is 75.9 Å². The number of rotatable bonds is 16. The number of alkyl carbamates (subject to hydrolysis) is 1. The van der Waals surface area contributed by atoms with E-state index in [1.165, 1.54) is 4.90 Å². The molecule has 1 heterocycles. The van der Waals surface area contributed by atoms with Gasteiger partial charge in [-0.25, -0.2) is 13.6 Å². The zero-order chi connectivity index (χ0) is 42.3. The standard InChI is InChI=1S/C46H48F2N4O7/c1-46(2,3)43(40-23-30(36-24-31(47)17-18-38(36)48)26-51(40)25-29-11-5-4-6-12-29)52(41(54)27-53)22-20-39(44(57)49-21-19-42(55)56)50-45(58)59-28-37-34-15-9-7-13-32(34)33-14-8-10-16-35(33)37/h4-18,23-24,26,37,39,43,53H,19-22,25,27-28H2,1-3H3,(H,49,57)(H,50,58)(H,55,56). The Morgan fingerprint density at radius 2 is 1.51 bits per heavy atom. The Morgan fingerprint density at radius 3 is 2.14 bits per heavy atom. The van der Waals surface area contributed by atoms with Crippen molar-refractivity contribution in [2.24, 2.45) is 5.41 Å². The van der Waals surface area contributed by atoms with Gasteiger partial charge in [0.25, 0.3) is 0 Å². The number of nitrogens with one attached hydrogen (secondary N) is 2. The van der Waals surface area contributed by atoms with Gasteiger partial charge in [0.05, 0.1) is 12.5 Å². The van der Waals surface area contributed by atoms with Crippen molar-refractivity contribution in [2.75, 3.05) is 26.3 Å². The SMILES string of the molecule is CC(C)(C)C(c1cc(-c2cc(F)ccc2F)cn1Cc1ccccc1)N(CCC(NC(=O)OCC1c2ccccc2-c2ccccc21)C(=O)NCCC(=O)O)C(=O)CO. The molecule has 0 spiro atoms. The van der Waals surface area contributed by atoms with E-state index >= 15 is 4.39 Å². The Labute approximate surface area is 341 Å². The number of amides is 3. The zero-order valence-corrected chi connectivity index (χ0v) is 33.2. The van der Waals surface area contributed by atoms with E-state index in [0.717, 1.165) is 46.0 Å². The fraction of sp³-hybridized carbons (Fsp3) is 0.304. The molecule has 59 heavy (non-hydrogen) atoms. The minimum absolute atomic E-state index is 0.0242. The molecule has 308 valence electrons. The van der Waals surface area contributed by atoms with E-state index < -0.39 is 59.6 Å². The molecule has 0 saturated carbocycles. The maximum Gasteiger partial charge on any atom is 0.407 e. The molecule has 13 heteroatoms. The lowest BCUT2D eigenvalue weighted by Gasteiger charge is -2.41. The second kappa shape index (κ2) is 18.5. The zero-order valence-electron chi connectivity index (χ0n) is 33.2. The summed E-state index contributed by atoms with van der Waals surface area (Å²) in [5, 5.41) is 24.7. The van der Waals surface area contributed by atoms with E-state index in [1.807, 2.05) is 104 Å². The van der Waals surface area contributed by atoms with Crippen molar-refractivity contribution in [2.45, 2.75) is 58.2 Å². The highest BCUT2D eigenvalue weighted by Crippen LogP contribution is 2.45. The first-order chi connectivity index (χ1) is 28.2. The Morgan fingerprint density at radius 1 is 0.864 bits per heavy atom. The molecule has 2 unspecified atom stereocenters. The van der Waals surface area contributed by atoms with E-state index in [-0.39, 0.29) is 44.0 Å². The van der Waals surface area contributed by atoms with Crippen LogP contribution in [0.15, 0.2) is 109 Å². The van der Waals surface area contributed by atoms with Crippen molar-refractivity contribution in [3.05, 3.63) is 143 Å². The Hall–Kier alpha value is -6.34. The van der Waals surface area contributed by atoms with Crippen LogP contribution < -0.4 is 10.6 Å². The normalized spacial score (nSPS) is 13.2. The molecule has 5 aromatic rings. The van der Waals surface area contributed by atoms with Crippen molar-refractivity contribution in [1.29, 1.82) is 0 Å². The van der Waals surface area contributed by atoms with Gasteiger partial charge in [-0.05, 0) is 63.9 Å². The lowest BCUT2D eigenvalue weighted by atomic mass is 9.82. The number of fused-ring (bicyclic) bond motifs is 3. The highest BCUT2D eigenvalue weighted by atomic mass is 19.1. The van der Waals surface area contributed by atoms with Gasteiger partial charge in [-0.1, -0.05) is 99.6 Å². The first-order valence-electron chi connectivity index (χ1n) is 19.5. The highest BCUT2D eigenvalue weighted by Gasteiger charge is 2.38. The number of aliphatic hydroxyl groups is 1. The molecule has 0 bridgehead atoms. The number of halogens is 2. The molecule has 6 rings (SSSR count). The molecule has 1 aliphatic rings. The minimum Gasteiger partial charge on any atom is -0.481 e. The minimum atomic E-state index is -1.29. The topological polar surface area (TPSA) is 150 Å². The van der Waals surface area contributed by atoms with Gasteiger partial charge in [-0.15, -0.1) is 0 Å². The van der Waals surface area contributed by atoms with Gasteiger partial charge >= 0.3 is 12.1 Å². The molecule has 1 aromatic heterocycles. The second-order valence-corrected chi connectivity index (χ2v) is 15.7. The van der Waals surface area contributed by atoms with Gasteiger partial charge in [0, 0.05) is 48.6 Å². The Balaban J connectivity index is 1.29. The number of carboxylic acids is 1. The molecule has 1 aliphatic carbocycles. The van der Waals surface area contributed by atoms with Crippen LogP contribution in [0, 0.1) is 17.0 Å². The smallest absolute Gasteiger partial charge is 0.407 e. The molecule has 0 radical (unpaired) electrons. The summed E-state index contributed by atoms with van der Waals surface area (Å²) in [5.41, 5.74) is 5.17. The van der Waals surface area contributed by atoms with E-state index in [4.69, 9.17) is 4.74 Å². The van der Waals surface area contributed by atoms with Gasteiger partial charge in [0.15, 0.2) is 0 Å². The summed E-state index contributed by atoms with van der Waals surface area (Å²) in [5.74, 6) is -4.02. The fourth-order valence-corrected chi connectivity index (χ4v) is 7.84. The first kappa shape index (κ1) is 42.3. The molecule has 4 aromatic carbocycles.